The SMILES string of the molecule is CC(C)(C)c1ncc(CNc2ccc(S(C)(=O)=O)nc2)s1. The summed E-state index contributed by atoms with van der Waals surface area (Å²) in [4.78, 5) is 9.51. The summed E-state index contributed by atoms with van der Waals surface area (Å²) in [5.74, 6) is 0. The molecular weight excluding hydrogens is 306 g/mol. The molecule has 0 aromatic carbocycles. The first-order valence-corrected chi connectivity index (χ1v) is 9.22. The third-order valence-corrected chi connectivity index (χ3v) is 5.20. The van der Waals surface area contributed by atoms with Crippen LogP contribution in [0.4, 0.5) is 5.69 Å². The summed E-state index contributed by atoms with van der Waals surface area (Å²) in [7, 11) is -3.25. The molecule has 21 heavy (non-hydrogen) atoms. The molecule has 114 valence electrons. The van der Waals surface area contributed by atoms with E-state index in [1.807, 2.05) is 6.20 Å². The first-order chi connectivity index (χ1) is 9.66. The van der Waals surface area contributed by atoms with Gasteiger partial charge in [0, 0.05) is 22.7 Å². The van der Waals surface area contributed by atoms with Crippen molar-refractivity contribution in [3.8, 4) is 0 Å². The number of hydrogen-bond donors (Lipinski definition) is 1. The lowest BCUT2D eigenvalue weighted by molar-refractivity contribution is 0.585. The molecule has 0 saturated heterocycles. The fraction of sp³-hybridized carbons (Fsp3) is 0.429. The Morgan fingerprint density at radius 1 is 1.19 bits per heavy atom. The summed E-state index contributed by atoms with van der Waals surface area (Å²) in [5.41, 5.74) is 0.842. The minimum Gasteiger partial charge on any atom is -0.379 e. The summed E-state index contributed by atoms with van der Waals surface area (Å²) in [6, 6.07) is 3.22. The van der Waals surface area contributed by atoms with Gasteiger partial charge in [0.25, 0.3) is 0 Å². The van der Waals surface area contributed by atoms with E-state index in [0.717, 1.165) is 21.8 Å². The molecule has 2 aromatic rings. The quantitative estimate of drug-likeness (QED) is 0.936. The van der Waals surface area contributed by atoms with Crippen molar-refractivity contribution < 1.29 is 8.42 Å². The van der Waals surface area contributed by atoms with E-state index in [4.69, 9.17) is 0 Å². The minimum atomic E-state index is -3.25. The van der Waals surface area contributed by atoms with Crippen molar-refractivity contribution in [2.45, 2.75) is 37.8 Å². The predicted molar refractivity (Wildman–Crippen MR) is 85.5 cm³/mol. The molecule has 0 aliphatic carbocycles. The van der Waals surface area contributed by atoms with E-state index in [1.54, 1.807) is 17.4 Å². The van der Waals surface area contributed by atoms with Crippen LogP contribution < -0.4 is 5.32 Å². The van der Waals surface area contributed by atoms with Crippen molar-refractivity contribution in [1.29, 1.82) is 0 Å². The van der Waals surface area contributed by atoms with Crippen LogP contribution in [0.5, 0.6) is 0 Å². The normalized spacial score (nSPS) is 12.4. The van der Waals surface area contributed by atoms with Crippen LogP contribution in [0.2, 0.25) is 0 Å². The summed E-state index contributed by atoms with van der Waals surface area (Å²) < 4.78 is 22.7. The highest BCUT2D eigenvalue weighted by Crippen LogP contribution is 2.27. The van der Waals surface area contributed by atoms with Crippen LogP contribution in [0.15, 0.2) is 29.6 Å². The monoisotopic (exact) mass is 325 g/mol. The summed E-state index contributed by atoms with van der Waals surface area (Å²) in [6.45, 7) is 7.05. The first-order valence-electron chi connectivity index (χ1n) is 6.51. The molecule has 7 heteroatoms. The second kappa shape index (κ2) is 5.73. The number of thiazole rings is 1. The molecule has 0 radical (unpaired) electrons. The molecule has 0 unspecified atom stereocenters. The zero-order valence-corrected chi connectivity index (χ0v) is 14.2. The van der Waals surface area contributed by atoms with E-state index in [2.05, 4.69) is 36.1 Å². The van der Waals surface area contributed by atoms with Crippen molar-refractivity contribution in [3.05, 3.63) is 34.4 Å². The highest BCUT2D eigenvalue weighted by Gasteiger charge is 2.17. The van der Waals surface area contributed by atoms with Gasteiger partial charge in [-0.05, 0) is 12.1 Å². The van der Waals surface area contributed by atoms with Gasteiger partial charge in [0.2, 0.25) is 0 Å². The molecule has 2 aromatic heterocycles. The molecule has 5 nitrogen and oxygen atoms in total. The van der Waals surface area contributed by atoms with Crippen LogP contribution in [-0.4, -0.2) is 24.6 Å². The van der Waals surface area contributed by atoms with Crippen molar-refractivity contribution in [2.75, 3.05) is 11.6 Å². The number of hydrogen-bond acceptors (Lipinski definition) is 6. The Kier molecular flexibility index (Phi) is 4.34. The van der Waals surface area contributed by atoms with Gasteiger partial charge < -0.3 is 5.32 Å². The van der Waals surface area contributed by atoms with Crippen LogP contribution in [0, 0.1) is 0 Å². The lowest BCUT2D eigenvalue weighted by Gasteiger charge is -2.13. The van der Waals surface area contributed by atoms with Gasteiger partial charge in [-0.25, -0.2) is 18.4 Å². The number of sulfone groups is 1. The molecule has 0 fully saturated rings. The van der Waals surface area contributed by atoms with E-state index in [0.29, 0.717) is 6.54 Å². The maximum absolute atomic E-state index is 11.3. The van der Waals surface area contributed by atoms with E-state index in [1.165, 1.54) is 12.3 Å². The number of anilines is 1. The second-order valence-corrected chi connectivity index (χ2v) is 8.97. The zero-order valence-electron chi connectivity index (χ0n) is 12.5. The van der Waals surface area contributed by atoms with Gasteiger partial charge in [-0.3, -0.25) is 0 Å². The van der Waals surface area contributed by atoms with Gasteiger partial charge in [0.15, 0.2) is 14.9 Å². The van der Waals surface area contributed by atoms with E-state index in [9.17, 15) is 8.42 Å². The Labute approximate surface area is 129 Å². The van der Waals surface area contributed by atoms with Crippen molar-refractivity contribution in [1.82, 2.24) is 9.97 Å². The zero-order chi connectivity index (χ0) is 15.7. The molecule has 0 saturated carbocycles. The largest absolute Gasteiger partial charge is 0.379 e. The van der Waals surface area contributed by atoms with Gasteiger partial charge in [0.05, 0.1) is 23.4 Å². The second-order valence-electron chi connectivity index (χ2n) is 5.89. The highest BCUT2D eigenvalue weighted by atomic mass is 32.2. The third kappa shape index (κ3) is 4.25. The average molecular weight is 325 g/mol. The molecule has 2 heterocycles. The molecular formula is C14H19N3O2S2. The highest BCUT2D eigenvalue weighted by molar-refractivity contribution is 7.90. The maximum atomic E-state index is 11.3. The first kappa shape index (κ1) is 15.9. The average Bonchev–Trinajstić information content (AvgIpc) is 2.84. The lowest BCUT2D eigenvalue weighted by Crippen LogP contribution is -2.09. The summed E-state index contributed by atoms with van der Waals surface area (Å²) in [6.07, 6.45) is 4.55. The van der Waals surface area contributed by atoms with Crippen LogP contribution in [0.3, 0.4) is 0 Å². The van der Waals surface area contributed by atoms with Crippen LogP contribution in [0.1, 0.15) is 30.7 Å². The number of rotatable bonds is 4. The van der Waals surface area contributed by atoms with E-state index >= 15 is 0 Å². The maximum Gasteiger partial charge on any atom is 0.192 e. The topological polar surface area (TPSA) is 72.0 Å². The Balaban J connectivity index is 2.02. The number of pyridine rings is 1. The number of nitrogens with one attached hydrogen (secondary N) is 1. The van der Waals surface area contributed by atoms with Gasteiger partial charge >= 0.3 is 0 Å². The Morgan fingerprint density at radius 2 is 1.90 bits per heavy atom. The minimum absolute atomic E-state index is 0.0571. The van der Waals surface area contributed by atoms with Crippen molar-refractivity contribution in [2.24, 2.45) is 0 Å². The van der Waals surface area contributed by atoms with E-state index < -0.39 is 9.84 Å². The number of aromatic nitrogens is 2. The third-order valence-electron chi connectivity index (χ3n) is 2.78. The van der Waals surface area contributed by atoms with Crippen LogP contribution >= 0.6 is 11.3 Å². The van der Waals surface area contributed by atoms with E-state index in [-0.39, 0.29) is 10.4 Å². The van der Waals surface area contributed by atoms with Crippen LogP contribution in [0.25, 0.3) is 0 Å². The smallest absolute Gasteiger partial charge is 0.192 e. The Bertz CT molecular complexity index is 713. The molecule has 0 atom stereocenters. The van der Waals surface area contributed by atoms with Gasteiger partial charge in [-0.15, -0.1) is 11.3 Å². The Morgan fingerprint density at radius 3 is 2.38 bits per heavy atom. The van der Waals surface area contributed by atoms with Crippen molar-refractivity contribution >= 4 is 26.9 Å². The van der Waals surface area contributed by atoms with Gasteiger partial charge in [-0.2, -0.15) is 0 Å². The molecule has 0 amide bonds. The summed E-state index contributed by atoms with van der Waals surface area (Å²) in [5, 5.41) is 4.40. The molecule has 0 bridgehead atoms. The van der Waals surface area contributed by atoms with Gasteiger partial charge in [0.1, 0.15) is 0 Å². The number of nitrogens with zero attached hydrogens (tertiary/aromatic N) is 2. The molecule has 0 aliphatic rings. The fourth-order valence-electron chi connectivity index (χ4n) is 1.63. The Hall–Kier alpha value is -1.47. The van der Waals surface area contributed by atoms with Gasteiger partial charge in [-0.1, -0.05) is 20.8 Å². The molecule has 0 aliphatic heterocycles. The predicted octanol–water partition coefficient (Wildman–Crippen LogP) is 2.85. The summed E-state index contributed by atoms with van der Waals surface area (Å²) >= 11 is 1.68. The van der Waals surface area contributed by atoms with Crippen molar-refractivity contribution in [3.63, 3.8) is 0 Å². The molecule has 0 spiro atoms. The fourth-order valence-corrected chi connectivity index (χ4v) is 3.10. The van der Waals surface area contributed by atoms with Crippen LogP contribution in [-0.2, 0) is 21.8 Å². The lowest BCUT2D eigenvalue weighted by atomic mass is 9.98. The molecule has 1 N–H and O–H groups in total. The molecule has 2 rings (SSSR count). The standard InChI is InChI=1S/C14H19N3O2S2/c1-14(2,3)13-17-9-11(20-13)8-15-10-5-6-12(16-7-10)21(4,18)19/h5-7,9,15H,8H2,1-4H3.